The van der Waals surface area contributed by atoms with Crippen LogP contribution in [-0.2, 0) is 16.4 Å². The van der Waals surface area contributed by atoms with Crippen molar-refractivity contribution in [3.05, 3.63) is 69.1 Å². The first kappa shape index (κ1) is 25.1. The molecule has 3 aromatic rings. The van der Waals surface area contributed by atoms with Crippen LogP contribution in [-0.4, -0.2) is 50.2 Å². The Hall–Kier alpha value is -2.05. The molecule has 1 aliphatic rings. The van der Waals surface area contributed by atoms with Crippen LogP contribution in [0.25, 0.3) is 0 Å². The summed E-state index contributed by atoms with van der Waals surface area (Å²) in [5.74, 6) is -0.476. The number of thiazole rings is 1. The summed E-state index contributed by atoms with van der Waals surface area (Å²) in [5.41, 5.74) is 1.76. The maximum absolute atomic E-state index is 12.9. The van der Waals surface area contributed by atoms with Crippen molar-refractivity contribution in [2.75, 3.05) is 31.1 Å². The Balaban J connectivity index is 1.37. The Bertz CT molecular complexity index is 1260. The highest BCUT2D eigenvalue weighted by molar-refractivity contribution is 7.89. The number of benzene rings is 2. The van der Waals surface area contributed by atoms with Gasteiger partial charge in [-0.1, -0.05) is 29.3 Å². The highest BCUT2D eigenvalue weighted by Gasteiger charge is 2.32. The van der Waals surface area contributed by atoms with Crippen molar-refractivity contribution in [1.82, 2.24) is 9.29 Å². The van der Waals surface area contributed by atoms with Crippen molar-refractivity contribution in [1.29, 1.82) is 0 Å². The lowest BCUT2D eigenvalue weighted by Gasteiger charge is -2.33. The van der Waals surface area contributed by atoms with Crippen LogP contribution >= 0.6 is 34.5 Å². The van der Waals surface area contributed by atoms with Gasteiger partial charge in [-0.15, -0.1) is 24.5 Å². The number of piperazine rings is 1. The molecule has 0 bridgehead atoms. The number of ether oxygens (including phenoxy) is 1. The van der Waals surface area contributed by atoms with E-state index in [-0.39, 0.29) is 18.0 Å². The van der Waals surface area contributed by atoms with E-state index in [2.05, 4.69) is 9.72 Å². The summed E-state index contributed by atoms with van der Waals surface area (Å²) in [7, 11) is -3.84. The topological polar surface area (TPSA) is 62.7 Å². The Morgan fingerprint density at radius 3 is 2.32 bits per heavy atom. The van der Waals surface area contributed by atoms with E-state index >= 15 is 0 Å². The summed E-state index contributed by atoms with van der Waals surface area (Å²) >= 11 is 13.7. The molecule has 1 saturated heterocycles. The molecule has 0 unspecified atom stereocenters. The molecule has 2 heterocycles. The number of hydrogen-bond acceptors (Lipinski definition) is 6. The molecule has 6 nitrogen and oxygen atoms in total. The molecule has 4 rings (SSSR count). The van der Waals surface area contributed by atoms with Crippen LogP contribution < -0.4 is 9.64 Å². The zero-order valence-corrected chi connectivity index (χ0v) is 20.6. The van der Waals surface area contributed by atoms with Crippen LogP contribution in [0.3, 0.4) is 0 Å². The zero-order chi connectivity index (χ0) is 24.5. The van der Waals surface area contributed by atoms with Crippen molar-refractivity contribution in [3.63, 3.8) is 0 Å². The minimum atomic E-state index is -4.84. The number of halogens is 5. The third kappa shape index (κ3) is 5.95. The molecular weight excluding hydrogens is 534 g/mol. The Morgan fingerprint density at radius 2 is 1.71 bits per heavy atom. The smallest absolute Gasteiger partial charge is 0.406 e. The van der Waals surface area contributed by atoms with Gasteiger partial charge in [0.1, 0.15) is 5.75 Å². The predicted octanol–water partition coefficient (Wildman–Crippen LogP) is 5.45. The second kappa shape index (κ2) is 9.90. The quantitative estimate of drug-likeness (QED) is 0.407. The van der Waals surface area contributed by atoms with E-state index < -0.39 is 22.1 Å². The van der Waals surface area contributed by atoms with Crippen LogP contribution in [0.15, 0.2) is 52.7 Å². The average Bonchev–Trinajstić information content (AvgIpc) is 3.24. The third-order valence-electron chi connectivity index (χ3n) is 5.13. The summed E-state index contributed by atoms with van der Waals surface area (Å²) in [5, 5.41) is 3.85. The second-order valence-corrected chi connectivity index (χ2v) is 11.1. The van der Waals surface area contributed by atoms with Gasteiger partial charge in [-0.25, -0.2) is 13.4 Å². The maximum Gasteiger partial charge on any atom is 0.573 e. The minimum absolute atomic E-state index is 0.0909. The molecule has 0 spiro atoms. The van der Waals surface area contributed by atoms with E-state index in [0.29, 0.717) is 29.6 Å². The molecule has 2 aromatic carbocycles. The van der Waals surface area contributed by atoms with Gasteiger partial charge in [0, 0.05) is 48.0 Å². The van der Waals surface area contributed by atoms with Gasteiger partial charge in [0.05, 0.1) is 10.6 Å². The normalized spacial score (nSPS) is 15.5. The number of rotatable bonds is 6. The van der Waals surface area contributed by atoms with Crippen LogP contribution in [0.4, 0.5) is 18.3 Å². The minimum Gasteiger partial charge on any atom is -0.406 e. The number of aromatic nitrogens is 1. The van der Waals surface area contributed by atoms with Gasteiger partial charge < -0.3 is 9.64 Å². The molecule has 0 N–H and O–H groups in total. The molecule has 1 aliphatic heterocycles. The molecule has 13 heteroatoms. The van der Waals surface area contributed by atoms with Gasteiger partial charge >= 0.3 is 6.36 Å². The largest absolute Gasteiger partial charge is 0.573 e. The first-order valence-electron chi connectivity index (χ1n) is 10.0. The van der Waals surface area contributed by atoms with Gasteiger partial charge in [-0.2, -0.15) is 4.31 Å². The lowest BCUT2D eigenvalue weighted by atomic mass is 10.1. The van der Waals surface area contributed by atoms with Crippen molar-refractivity contribution >= 4 is 49.7 Å². The number of sulfonamides is 1. The zero-order valence-electron chi connectivity index (χ0n) is 17.4. The fraction of sp³-hybridized carbons (Fsp3) is 0.286. The summed E-state index contributed by atoms with van der Waals surface area (Å²) in [6, 6.07) is 9.50. The van der Waals surface area contributed by atoms with Gasteiger partial charge in [-0.3, -0.25) is 0 Å². The molecule has 1 fully saturated rings. The number of hydrogen-bond donors (Lipinski definition) is 0. The lowest BCUT2D eigenvalue weighted by molar-refractivity contribution is -0.274. The molecule has 0 radical (unpaired) electrons. The highest BCUT2D eigenvalue weighted by atomic mass is 35.5. The van der Waals surface area contributed by atoms with Gasteiger partial charge in [0.25, 0.3) is 0 Å². The van der Waals surface area contributed by atoms with E-state index in [9.17, 15) is 21.6 Å². The van der Waals surface area contributed by atoms with Crippen LogP contribution in [0, 0.1) is 0 Å². The van der Waals surface area contributed by atoms with Crippen molar-refractivity contribution in [3.8, 4) is 5.75 Å². The predicted molar refractivity (Wildman–Crippen MR) is 125 cm³/mol. The van der Waals surface area contributed by atoms with E-state index in [1.165, 1.54) is 15.6 Å². The molecule has 0 aliphatic carbocycles. The molecule has 1 aromatic heterocycles. The summed E-state index contributed by atoms with van der Waals surface area (Å²) in [6.45, 7) is 1.31. The SMILES string of the molecule is O=S(=O)(c1ccc(OC(F)(F)F)cc1)N1CCN(c2nc(Cc3ccc(Cl)cc3Cl)cs2)CC1. The third-order valence-corrected chi connectivity index (χ3v) is 8.58. The number of alkyl halides is 3. The number of nitrogens with zero attached hydrogens (tertiary/aromatic N) is 3. The molecule has 0 atom stereocenters. The Kier molecular flexibility index (Phi) is 7.30. The van der Waals surface area contributed by atoms with Crippen LogP contribution in [0.5, 0.6) is 5.75 Å². The Morgan fingerprint density at radius 1 is 1.03 bits per heavy atom. The standard InChI is InChI=1S/C21H18Cl2F3N3O3S2/c22-15-2-1-14(19(23)12-15)11-16-13-33-20(27-16)28-7-9-29(10-8-28)34(30,31)18-5-3-17(4-6-18)32-21(24,25)26/h1-6,12-13H,7-11H2. The monoisotopic (exact) mass is 551 g/mol. The first-order chi connectivity index (χ1) is 16.0. The maximum atomic E-state index is 12.9. The molecule has 182 valence electrons. The molecule has 0 amide bonds. The van der Waals surface area contributed by atoms with Crippen molar-refractivity contribution < 1.29 is 26.3 Å². The van der Waals surface area contributed by atoms with E-state index in [1.54, 1.807) is 12.1 Å². The number of anilines is 1. The van der Waals surface area contributed by atoms with Crippen molar-refractivity contribution in [2.24, 2.45) is 0 Å². The highest BCUT2D eigenvalue weighted by Crippen LogP contribution is 2.29. The van der Waals surface area contributed by atoms with E-state index in [1.807, 2.05) is 16.3 Å². The molecular formula is C21H18Cl2F3N3O3S2. The molecule has 0 saturated carbocycles. The lowest BCUT2D eigenvalue weighted by Crippen LogP contribution is -2.48. The summed E-state index contributed by atoms with van der Waals surface area (Å²) < 4.78 is 67.9. The summed E-state index contributed by atoms with van der Waals surface area (Å²) in [4.78, 5) is 6.57. The van der Waals surface area contributed by atoms with E-state index in [4.69, 9.17) is 23.2 Å². The second-order valence-electron chi connectivity index (χ2n) is 7.44. The molecule has 34 heavy (non-hydrogen) atoms. The fourth-order valence-electron chi connectivity index (χ4n) is 3.46. The van der Waals surface area contributed by atoms with Gasteiger partial charge in [-0.05, 0) is 42.0 Å². The average molecular weight is 552 g/mol. The summed E-state index contributed by atoms with van der Waals surface area (Å²) in [6.07, 6.45) is -4.29. The fourth-order valence-corrected chi connectivity index (χ4v) is 6.24. The van der Waals surface area contributed by atoms with Crippen LogP contribution in [0.1, 0.15) is 11.3 Å². The van der Waals surface area contributed by atoms with Gasteiger partial charge in [0.15, 0.2) is 5.13 Å². The van der Waals surface area contributed by atoms with Gasteiger partial charge in [0.2, 0.25) is 10.0 Å². The van der Waals surface area contributed by atoms with Crippen molar-refractivity contribution in [2.45, 2.75) is 17.7 Å². The van der Waals surface area contributed by atoms with E-state index in [0.717, 1.165) is 40.7 Å². The Labute approximate surface area is 208 Å². The first-order valence-corrected chi connectivity index (χ1v) is 13.1. The van der Waals surface area contributed by atoms with Crippen LogP contribution in [0.2, 0.25) is 10.0 Å².